The lowest BCUT2D eigenvalue weighted by Gasteiger charge is -2.06. The zero-order valence-electron chi connectivity index (χ0n) is 13.7. The molecule has 27 heavy (non-hydrogen) atoms. The van der Waals surface area contributed by atoms with Crippen LogP contribution in [0.4, 0.5) is 5.69 Å². The predicted molar refractivity (Wildman–Crippen MR) is 104 cm³/mol. The molecule has 8 nitrogen and oxygen atoms in total. The van der Waals surface area contributed by atoms with E-state index in [4.69, 9.17) is 20.8 Å². The van der Waals surface area contributed by atoms with E-state index in [9.17, 15) is 14.9 Å². The van der Waals surface area contributed by atoms with Gasteiger partial charge in [-0.25, -0.2) is 5.43 Å². The molecule has 0 spiro atoms. The Bertz CT molecular complexity index is 1060. The van der Waals surface area contributed by atoms with Crippen LogP contribution in [0, 0.1) is 10.1 Å². The highest BCUT2D eigenvalue weighted by molar-refractivity contribution is 9.10. The number of methoxy groups -OCH3 is 1. The number of rotatable bonds is 5. The van der Waals surface area contributed by atoms with Crippen LogP contribution < -0.4 is 10.2 Å². The molecule has 138 valence electrons. The molecule has 0 radical (unpaired) electrons. The fraction of sp³-hybridized carbons (Fsp3) is 0.0588. The Kier molecular flexibility index (Phi) is 5.43. The molecular formula is C17H11BrClN3O5. The minimum Gasteiger partial charge on any atom is -0.494 e. The summed E-state index contributed by atoms with van der Waals surface area (Å²) in [5, 5.41) is 15.5. The molecule has 0 aliphatic rings. The van der Waals surface area contributed by atoms with Crippen molar-refractivity contribution in [2.45, 2.75) is 0 Å². The highest BCUT2D eigenvalue weighted by Gasteiger charge is 2.14. The van der Waals surface area contributed by atoms with Crippen LogP contribution in [-0.2, 0) is 0 Å². The number of nitro benzene ring substituents is 1. The number of carbonyl (C=O) groups is 1. The molecule has 0 aliphatic carbocycles. The fourth-order valence-corrected chi connectivity index (χ4v) is 3.38. The van der Waals surface area contributed by atoms with Gasteiger partial charge in [0.05, 0.1) is 27.7 Å². The van der Waals surface area contributed by atoms with Crippen LogP contribution in [-0.4, -0.2) is 24.2 Å². The lowest BCUT2D eigenvalue weighted by molar-refractivity contribution is -0.384. The Morgan fingerprint density at radius 1 is 1.37 bits per heavy atom. The molecule has 0 aliphatic heterocycles. The molecule has 3 rings (SSSR count). The number of non-ortho nitro benzene ring substituents is 1. The van der Waals surface area contributed by atoms with Crippen LogP contribution in [0.3, 0.4) is 0 Å². The summed E-state index contributed by atoms with van der Waals surface area (Å²) in [5.41, 5.74) is 3.23. The zero-order valence-corrected chi connectivity index (χ0v) is 16.1. The van der Waals surface area contributed by atoms with Gasteiger partial charge in [-0.15, -0.1) is 0 Å². The van der Waals surface area contributed by atoms with Crippen molar-refractivity contribution in [3.63, 3.8) is 0 Å². The largest absolute Gasteiger partial charge is 0.494 e. The maximum absolute atomic E-state index is 12.1. The Hall–Kier alpha value is -2.91. The average molecular weight is 453 g/mol. The van der Waals surface area contributed by atoms with Crippen LogP contribution in [0.25, 0.3) is 11.0 Å². The standard InChI is InChI=1S/C17H11BrClN3O5/c1-26-16-12(18)4-9(5-13(16)19)8-20-21-17(23)15-7-10-6-11(22(24)25)2-3-14(10)27-15/h2-8H,1H3,(H,21,23)/b20-8-. The van der Waals surface area contributed by atoms with Gasteiger partial charge in [-0.1, -0.05) is 11.6 Å². The quantitative estimate of drug-likeness (QED) is 0.348. The molecule has 0 unspecified atom stereocenters. The van der Waals surface area contributed by atoms with Gasteiger partial charge in [0.2, 0.25) is 0 Å². The average Bonchev–Trinajstić information content (AvgIpc) is 3.04. The number of benzene rings is 2. The highest BCUT2D eigenvalue weighted by Crippen LogP contribution is 2.33. The summed E-state index contributed by atoms with van der Waals surface area (Å²) in [6.45, 7) is 0. The van der Waals surface area contributed by atoms with Crippen LogP contribution >= 0.6 is 27.5 Å². The Labute approximate surface area is 166 Å². The second kappa shape index (κ2) is 7.77. The monoisotopic (exact) mass is 451 g/mol. The molecule has 0 saturated carbocycles. The summed E-state index contributed by atoms with van der Waals surface area (Å²) in [5.74, 6) is -0.116. The first-order valence-corrected chi connectivity index (χ1v) is 8.60. The first-order chi connectivity index (χ1) is 12.9. The van der Waals surface area contributed by atoms with Gasteiger partial charge in [-0.2, -0.15) is 5.10 Å². The van der Waals surface area contributed by atoms with E-state index in [1.165, 1.54) is 37.6 Å². The van der Waals surface area contributed by atoms with E-state index in [1.54, 1.807) is 12.1 Å². The Morgan fingerprint density at radius 3 is 2.81 bits per heavy atom. The Balaban J connectivity index is 1.75. The molecule has 0 bridgehead atoms. The summed E-state index contributed by atoms with van der Waals surface area (Å²) in [7, 11) is 1.50. The lowest BCUT2D eigenvalue weighted by Crippen LogP contribution is -2.16. The number of carbonyl (C=O) groups excluding carboxylic acids is 1. The first-order valence-electron chi connectivity index (χ1n) is 7.43. The van der Waals surface area contributed by atoms with E-state index in [-0.39, 0.29) is 11.4 Å². The van der Waals surface area contributed by atoms with Gasteiger partial charge in [0.1, 0.15) is 5.58 Å². The molecular weight excluding hydrogens is 442 g/mol. The smallest absolute Gasteiger partial charge is 0.307 e. The van der Waals surface area contributed by atoms with Crippen LogP contribution in [0.15, 0.2) is 50.4 Å². The number of hydrazone groups is 1. The number of halogens is 2. The fourth-order valence-electron chi connectivity index (χ4n) is 2.33. The number of nitrogens with one attached hydrogen (secondary N) is 1. The van der Waals surface area contributed by atoms with Crippen molar-refractivity contribution in [3.05, 3.63) is 67.3 Å². The van der Waals surface area contributed by atoms with Gasteiger partial charge in [0.25, 0.3) is 5.69 Å². The summed E-state index contributed by atoms with van der Waals surface area (Å²) in [4.78, 5) is 22.4. The maximum Gasteiger partial charge on any atom is 0.307 e. The second-order valence-corrected chi connectivity index (χ2v) is 6.57. The van der Waals surface area contributed by atoms with Gasteiger partial charge >= 0.3 is 5.91 Å². The first kappa shape index (κ1) is 18.9. The second-order valence-electron chi connectivity index (χ2n) is 5.31. The van der Waals surface area contributed by atoms with E-state index in [0.29, 0.717) is 31.8 Å². The molecule has 0 saturated heterocycles. The minimum atomic E-state index is -0.594. The van der Waals surface area contributed by atoms with Crippen molar-refractivity contribution in [2.24, 2.45) is 5.10 Å². The number of hydrogen-bond acceptors (Lipinski definition) is 6. The van der Waals surface area contributed by atoms with Gasteiger partial charge in [-0.05, 0) is 45.8 Å². The van der Waals surface area contributed by atoms with Crippen LogP contribution in [0.5, 0.6) is 5.75 Å². The summed E-state index contributed by atoms with van der Waals surface area (Å²) < 4.78 is 11.2. The lowest BCUT2D eigenvalue weighted by atomic mass is 10.2. The zero-order chi connectivity index (χ0) is 19.6. The van der Waals surface area contributed by atoms with Crippen molar-refractivity contribution in [2.75, 3.05) is 7.11 Å². The van der Waals surface area contributed by atoms with E-state index < -0.39 is 10.8 Å². The molecule has 0 atom stereocenters. The topological polar surface area (TPSA) is 107 Å². The van der Waals surface area contributed by atoms with E-state index in [1.807, 2.05) is 0 Å². The molecule has 1 N–H and O–H groups in total. The van der Waals surface area contributed by atoms with Crippen molar-refractivity contribution in [3.8, 4) is 5.75 Å². The van der Waals surface area contributed by atoms with Crippen molar-refractivity contribution in [1.82, 2.24) is 5.43 Å². The molecule has 2 aromatic carbocycles. The summed E-state index contributed by atoms with van der Waals surface area (Å²) in [6.07, 6.45) is 1.40. The molecule has 3 aromatic rings. The number of nitro groups is 1. The van der Waals surface area contributed by atoms with Gasteiger partial charge < -0.3 is 9.15 Å². The van der Waals surface area contributed by atoms with E-state index in [0.717, 1.165) is 0 Å². The highest BCUT2D eigenvalue weighted by atomic mass is 79.9. The number of hydrogen-bond donors (Lipinski definition) is 1. The molecule has 0 fully saturated rings. The van der Waals surface area contributed by atoms with Crippen molar-refractivity contribution < 1.29 is 18.9 Å². The maximum atomic E-state index is 12.1. The van der Waals surface area contributed by atoms with Gasteiger partial charge in [0, 0.05) is 17.5 Å². The van der Waals surface area contributed by atoms with Crippen molar-refractivity contribution >= 4 is 56.3 Å². The van der Waals surface area contributed by atoms with E-state index in [2.05, 4.69) is 26.5 Å². The third kappa shape index (κ3) is 4.09. The minimum absolute atomic E-state index is 0.0170. The summed E-state index contributed by atoms with van der Waals surface area (Å²) >= 11 is 9.42. The normalized spacial score (nSPS) is 11.1. The molecule has 1 heterocycles. The van der Waals surface area contributed by atoms with Gasteiger partial charge in [0.15, 0.2) is 11.5 Å². The van der Waals surface area contributed by atoms with E-state index >= 15 is 0 Å². The van der Waals surface area contributed by atoms with Gasteiger partial charge in [-0.3, -0.25) is 14.9 Å². The number of furan rings is 1. The number of nitrogens with zero attached hydrogens (tertiary/aromatic N) is 2. The third-order valence-electron chi connectivity index (χ3n) is 3.54. The molecule has 1 amide bonds. The van der Waals surface area contributed by atoms with Crippen molar-refractivity contribution in [1.29, 1.82) is 0 Å². The van der Waals surface area contributed by atoms with Crippen LogP contribution in [0.2, 0.25) is 5.02 Å². The molecule has 1 aromatic heterocycles. The Morgan fingerprint density at radius 2 is 2.15 bits per heavy atom. The molecule has 10 heteroatoms. The summed E-state index contributed by atoms with van der Waals surface area (Å²) in [6, 6.07) is 8.83. The number of amides is 1. The van der Waals surface area contributed by atoms with Crippen LogP contribution in [0.1, 0.15) is 16.1 Å². The predicted octanol–water partition coefficient (Wildman–Crippen LogP) is 4.53. The number of ether oxygens (including phenoxy) is 1. The third-order valence-corrected chi connectivity index (χ3v) is 4.41. The SMILES string of the molecule is COc1c(Cl)cc(/C=N\NC(=O)c2cc3cc([N+](=O)[O-])ccc3o2)cc1Br. The number of fused-ring (bicyclic) bond motifs is 1.